The molecule has 0 aliphatic carbocycles. The van der Waals surface area contributed by atoms with E-state index in [9.17, 15) is 4.79 Å². The number of benzene rings is 2. The molecular formula is C30H34N8O3. The second-order valence-electron chi connectivity index (χ2n) is 8.64. The van der Waals surface area contributed by atoms with Crippen LogP contribution in [0.5, 0.6) is 5.75 Å². The average molecular weight is 566 g/mol. The lowest BCUT2D eigenvalue weighted by Crippen LogP contribution is -2.36. The van der Waals surface area contributed by atoms with Crippen LogP contribution in [0.1, 0.15) is 20.6 Å². The van der Waals surface area contributed by atoms with E-state index in [2.05, 4.69) is 32.3 Å². The maximum atomic E-state index is 12.4. The molecule has 212 valence electrons. The second kappa shape index (κ2) is 12.6. The molecule has 0 radical (unpaired) electrons. The zero-order valence-electron chi connectivity index (χ0n) is 33.3. The molecule has 1 aliphatic rings. The summed E-state index contributed by atoms with van der Waals surface area (Å²) in [5.41, 5.74) is -0.378. The number of aromatic nitrogens is 4. The third kappa shape index (κ3) is 6.53. The first-order chi connectivity index (χ1) is 24.4. The summed E-state index contributed by atoms with van der Waals surface area (Å²) < 4.78 is 104. The minimum Gasteiger partial charge on any atom is -0.494 e. The summed E-state index contributed by atoms with van der Waals surface area (Å²) in [4.78, 5) is 23.5. The molecule has 2 aromatic heterocycles. The Balaban J connectivity index is 1.66. The molecule has 11 nitrogen and oxygen atoms in total. The van der Waals surface area contributed by atoms with Gasteiger partial charge in [-0.3, -0.25) is 4.79 Å². The predicted octanol–water partition coefficient (Wildman–Crippen LogP) is 4.10. The van der Waals surface area contributed by atoms with Crippen LogP contribution in [0.15, 0.2) is 73.4 Å². The van der Waals surface area contributed by atoms with E-state index in [0.29, 0.717) is 54.0 Å². The van der Waals surface area contributed by atoms with Crippen molar-refractivity contribution >= 4 is 28.9 Å². The quantitative estimate of drug-likeness (QED) is 0.275. The number of nitrogens with zero attached hydrogens (tertiary/aromatic N) is 6. The smallest absolute Gasteiger partial charge is 0.247 e. The molecule has 1 saturated heterocycles. The van der Waals surface area contributed by atoms with Gasteiger partial charge < -0.3 is 29.9 Å². The summed E-state index contributed by atoms with van der Waals surface area (Å²) in [6.07, 6.45) is 1.71. The minimum atomic E-state index is -3.01. The van der Waals surface area contributed by atoms with E-state index in [0.717, 1.165) is 17.8 Å². The van der Waals surface area contributed by atoms with Crippen LogP contribution in [-0.4, -0.2) is 78.0 Å². The van der Waals surface area contributed by atoms with E-state index >= 15 is 0 Å². The number of hydrogen-bond donors (Lipinski definition) is 2. The Hall–Kier alpha value is -4.74. The normalized spacial score (nSPS) is 17.7. The summed E-state index contributed by atoms with van der Waals surface area (Å²) in [5.74, 6) is -0.308. The Morgan fingerprint density at radius 3 is 2.83 bits per heavy atom. The predicted molar refractivity (Wildman–Crippen MR) is 160 cm³/mol. The molecule has 1 fully saturated rings. The Morgan fingerprint density at radius 1 is 1.29 bits per heavy atom. The van der Waals surface area contributed by atoms with Gasteiger partial charge >= 0.3 is 0 Å². The number of methoxy groups -OCH3 is 1. The molecule has 2 aromatic carbocycles. The fourth-order valence-corrected chi connectivity index (χ4v) is 4.06. The van der Waals surface area contributed by atoms with E-state index < -0.39 is 72.6 Å². The van der Waals surface area contributed by atoms with Gasteiger partial charge in [0.1, 0.15) is 5.75 Å². The molecule has 3 heterocycles. The van der Waals surface area contributed by atoms with Crippen LogP contribution in [0.25, 0.3) is 17.1 Å². The van der Waals surface area contributed by atoms with Crippen molar-refractivity contribution in [2.45, 2.75) is 6.50 Å². The van der Waals surface area contributed by atoms with Gasteiger partial charge in [-0.05, 0) is 26.2 Å². The highest BCUT2D eigenvalue weighted by molar-refractivity contribution is 6.02. The van der Waals surface area contributed by atoms with Crippen molar-refractivity contribution in [3.63, 3.8) is 0 Å². The number of carbonyl (C=O) groups is 1. The van der Waals surface area contributed by atoms with Gasteiger partial charge in [-0.2, -0.15) is 10.1 Å². The van der Waals surface area contributed by atoms with Crippen LogP contribution < -0.4 is 20.3 Å². The van der Waals surface area contributed by atoms with E-state index in [1.165, 1.54) is 19.4 Å². The molecule has 0 unspecified atom stereocenters. The molecule has 1 amide bonds. The van der Waals surface area contributed by atoms with E-state index in [1.54, 1.807) is 12.1 Å². The van der Waals surface area contributed by atoms with Gasteiger partial charge in [-0.15, -0.1) is 0 Å². The number of hydrogen-bond acceptors (Lipinski definition) is 9. The summed E-state index contributed by atoms with van der Waals surface area (Å²) in [6, 6.07) is 0.996. The number of ether oxygens (including phenoxy) is 2. The Bertz CT molecular complexity index is 2010. The van der Waals surface area contributed by atoms with E-state index in [4.69, 9.17) is 24.6 Å². The van der Waals surface area contributed by atoms with Gasteiger partial charge in [0.05, 0.1) is 51.3 Å². The van der Waals surface area contributed by atoms with Crippen molar-refractivity contribution in [2.24, 2.45) is 0 Å². The first-order valence-electron chi connectivity index (χ1n) is 17.9. The largest absolute Gasteiger partial charge is 0.494 e. The summed E-state index contributed by atoms with van der Waals surface area (Å²) in [5, 5.41) is 10.1. The summed E-state index contributed by atoms with van der Waals surface area (Å²) >= 11 is 0. The highest BCUT2D eigenvalue weighted by Gasteiger charge is 2.20. The Morgan fingerprint density at radius 2 is 2.10 bits per heavy atom. The first kappa shape index (κ1) is 17.2. The number of morpholine rings is 1. The van der Waals surface area contributed by atoms with Crippen LogP contribution in [0, 0.1) is 0 Å². The van der Waals surface area contributed by atoms with Crippen LogP contribution in [-0.2, 0) is 16.0 Å². The van der Waals surface area contributed by atoms with Crippen LogP contribution >= 0.6 is 0 Å². The van der Waals surface area contributed by atoms with Crippen molar-refractivity contribution in [1.82, 2.24) is 24.6 Å². The minimum absolute atomic E-state index is 0.0700. The standard InChI is InChI=1S/C30H34N8O3/c1-5-28(39)32-23-17-24(26(40-4)18-25(23)37-13-15-41-16-14-37)33-30-31-12-11-27(34-30)38-20-22(19-36(2)3)29(35-38)21-9-7-6-8-10-21/h5-12,17-18,20H,1,13-16,19H2,2-4H3,(H,32,39)(H,31,33,34)/i2D3,6D,7D,8D,9D,10D,19D2,20D. The van der Waals surface area contributed by atoms with E-state index in [1.807, 2.05) is 4.90 Å². The summed E-state index contributed by atoms with van der Waals surface area (Å²) in [7, 11) is 2.41. The zero-order chi connectivity index (χ0) is 38.3. The second-order valence-corrected chi connectivity index (χ2v) is 8.64. The van der Waals surface area contributed by atoms with Crippen molar-refractivity contribution < 1.29 is 29.3 Å². The van der Waals surface area contributed by atoms with Gasteiger partial charge in [-0.25, -0.2) is 9.67 Å². The van der Waals surface area contributed by atoms with Crippen LogP contribution in [0.3, 0.4) is 0 Å². The maximum absolute atomic E-state index is 12.4. The maximum Gasteiger partial charge on any atom is 0.247 e. The van der Waals surface area contributed by atoms with Crippen molar-refractivity contribution in [3.8, 4) is 22.8 Å². The zero-order valence-corrected chi connectivity index (χ0v) is 22.3. The summed E-state index contributed by atoms with van der Waals surface area (Å²) in [6.45, 7) is -0.381. The molecular weight excluding hydrogens is 520 g/mol. The lowest BCUT2D eigenvalue weighted by Gasteiger charge is -2.31. The van der Waals surface area contributed by atoms with Crippen molar-refractivity contribution in [1.29, 1.82) is 0 Å². The highest BCUT2D eigenvalue weighted by Crippen LogP contribution is 2.38. The third-order valence-corrected chi connectivity index (χ3v) is 5.89. The molecule has 11 heteroatoms. The number of carbonyl (C=O) groups excluding carboxylic acids is 1. The lowest BCUT2D eigenvalue weighted by molar-refractivity contribution is -0.111. The van der Waals surface area contributed by atoms with Crippen molar-refractivity contribution in [2.75, 3.05) is 63.0 Å². The molecule has 41 heavy (non-hydrogen) atoms. The molecule has 5 rings (SSSR count). The Kier molecular flexibility index (Phi) is 5.28. The van der Waals surface area contributed by atoms with Gasteiger partial charge in [0.15, 0.2) is 5.82 Å². The lowest BCUT2D eigenvalue weighted by atomic mass is 10.1. The highest BCUT2D eigenvalue weighted by atomic mass is 16.5. The van der Waals surface area contributed by atoms with Crippen LogP contribution in [0.2, 0.25) is 0 Å². The fraction of sp³-hybridized carbons (Fsp3) is 0.267. The van der Waals surface area contributed by atoms with Gasteiger partial charge in [0, 0.05) is 62.1 Å². The SMILES string of the molecule is [2H]c1c([2H])c([2H])c(-c2nn(-c3ccnc(Nc4cc(NC(=O)C=C)c(N5CCOCC5)cc4OC)n3)c([2H])c2C([2H])([2H])N(C)C([2H])([2H])[2H])c([2H])c1[2H]. The average Bonchev–Trinajstić information content (AvgIpc) is 3.46. The van der Waals surface area contributed by atoms with Gasteiger partial charge in [0.2, 0.25) is 11.9 Å². The monoisotopic (exact) mass is 565 g/mol. The number of rotatable bonds is 10. The molecule has 0 bridgehead atoms. The van der Waals surface area contributed by atoms with E-state index in [-0.39, 0.29) is 11.8 Å². The number of anilines is 4. The molecule has 0 saturated carbocycles. The molecule has 2 N–H and O–H groups in total. The molecule has 1 aliphatic heterocycles. The van der Waals surface area contributed by atoms with Crippen LogP contribution in [0.4, 0.5) is 23.0 Å². The van der Waals surface area contributed by atoms with Gasteiger partial charge in [-0.1, -0.05) is 36.8 Å². The molecule has 0 atom stereocenters. The van der Waals surface area contributed by atoms with Gasteiger partial charge in [0.25, 0.3) is 0 Å². The fourth-order valence-electron chi connectivity index (χ4n) is 4.06. The number of nitrogens with one attached hydrogen (secondary N) is 2. The van der Waals surface area contributed by atoms with Crippen molar-refractivity contribution in [3.05, 3.63) is 79.0 Å². The third-order valence-electron chi connectivity index (χ3n) is 5.89. The topological polar surface area (TPSA) is 110 Å². The molecule has 4 aromatic rings. The number of amides is 1. The molecule has 0 spiro atoms. The first-order valence-corrected chi connectivity index (χ1v) is 12.4. The Labute approximate surface area is 254 Å².